The number of hydrogen-bond acceptors (Lipinski definition) is 8. The van der Waals surface area contributed by atoms with E-state index in [1.807, 2.05) is 25.3 Å². The predicted octanol–water partition coefficient (Wildman–Crippen LogP) is 2.43. The molecule has 0 radical (unpaired) electrons. The minimum Gasteiger partial charge on any atom is -0.377 e. The van der Waals surface area contributed by atoms with Crippen molar-refractivity contribution in [1.29, 1.82) is 0 Å². The second-order valence-electron chi connectivity index (χ2n) is 9.64. The predicted molar refractivity (Wildman–Crippen MR) is 132 cm³/mol. The van der Waals surface area contributed by atoms with Gasteiger partial charge in [0.25, 0.3) is 0 Å². The van der Waals surface area contributed by atoms with E-state index < -0.39 is 6.98 Å². The van der Waals surface area contributed by atoms with Crippen molar-refractivity contribution >= 4 is 28.4 Å². The molecule has 2 atom stereocenters. The van der Waals surface area contributed by atoms with Gasteiger partial charge in [-0.1, -0.05) is 18.9 Å². The zero-order valence-corrected chi connectivity index (χ0v) is 19.3. The lowest BCUT2D eigenvalue weighted by Crippen LogP contribution is -2.70. The number of likely N-dealkylation sites (tertiary alicyclic amines) is 1. The second kappa shape index (κ2) is 8.56. The Kier molecular flexibility index (Phi) is 4.57. The van der Waals surface area contributed by atoms with E-state index in [0.717, 1.165) is 38.3 Å². The van der Waals surface area contributed by atoms with Crippen molar-refractivity contribution in [3.8, 4) is 11.8 Å². The maximum atomic E-state index is 12.4. The first-order valence-corrected chi connectivity index (χ1v) is 11.7. The SMILES string of the molecule is [2H]C([2H])([2H])Nc1ncc(C#Cc2ccc(CN3CCC34COC4)cn2)c2cc(NC(=O)[C@H]3C[C@H]3C)nnc12. The van der Waals surface area contributed by atoms with E-state index in [4.69, 9.17) is 8.85 Å². The fraction of sp³-hybridized carbons (Fsp3) is 0.423. The molecule has 1 spiro atoms. The number of nitrogens with zero attached hydrogens (tertiary/aromatic N) is 5. The lowest BCUT2D eigenvalue weighted by molar-refractivity contribution is -0.195. The highest BCUT2D eigenvalue weighted by Crippen LogP contribution is 2.39. The fourth-order valence-corrected chi connectivity index (χ4v) is 4.63. The van der Waals surface area contributed by atoms with Crippen LogP contribution in [0.15, 0.2) is 30.6 Å². The van der Waals surface area contributed by atoms with Crippen LogP contribution in [-0.4, -0.2) is 63.2 Å². The van der Waals surface area contributed by atoms with Crippen molar-refractivity contribution in [2.75, 3.05) is 37.4 Å². The standard InChI is InChI=1S/C26H27N7O2/c1-16-9-20(16)25(34)30-22-10-21-18(12-29-24(27-2)23(21)32-31-22)4-6-19-5-3-17(11-28-19)13-33-8-7-26(33)14-35-15-26/h3,5,10-12,16,20H,7-9,13-15H2,1-2H3,(H,27,29)(H,30,31,34)/t16-,20+/m1/s1/i2D3. The van der Waals surface area contributed by atoms with Crippen LogP contribution in [0.2, 0.25) is 0 Å². The van der Waals surface area contributed by atoms with Gasteiger partial charge in [-0.3, -0.25) is 9.69 Å². The number of carbonyl (C=O) groups is 1. The molecule has 0 unspecified atom stereocenters. The Morgan fingerprint density at radius 2 is 2.17 bits per heavy atom. The fourth-order valence-electron chi connectivity index (χ4n) is 4.63. The molecule has 2 saturated heterocycles. The summed E-state index contributed by atoms with van der Waals surface area (Å²) in [6.45, 7) is 3.08. The number of fused-ring (bicyclic) bond motifs is 1. The van der Waals surface area contributed by atoms with Crippen LogP contribution in [0.3, 0.4) is 0 Å². The van der Waals surface area contributed by atoms with E-state index in [9.17, 15) is 4.79 Å². The number of hydrogen-bond donors (Lipinski definition) is 2. The van der Waals surface area contributed by atoms with Gasteiger partial charge < -0.3 is 15.4 Å². The van der Waals surface area contributed by atoms with Crippen LogP contribution < -0.4 is 10.6 Å². The number of aromatic nitrogens is 4. The highest BCUT2D eigenvalue weighted by atomic mass is 16.5. The molecule has 1 amide bonds. The Morgan fingerprint density at radius 3 is 2.83 bits per heavy atom. The molecule has 9 nitrogen and oxygen atoms in total. The van der Waals surface area contributed by atoms with Crippen molar-refractivity contribution in [3.63, 3.8) is 0 Å². The highest BCUT2D eigenvalue weighted by Gasteiger charge is 2.50. The van der Waals surface area contributed by atoms with Gasteiger partial charge in [0, 0.05) is 47.9 Å². The van der Waals surface area contributed by atoms with Crippen molar-refractivity contribution in [3.05, 3.63) is 47.4 Å². The first-order valence-electron chi connectivity index (χ1n) is 13.2. The maximum absolute atomic E-state index is 12.4. The highest BCUT2D eigenvalue weighted by molar-refractivity contribution is 5.97. The van der Waals surface area contributed by atoms with Crippen molar-refractivity contribution in [1.82, 2.24) is 25.1 Å². The van der Waals surface area contributed by atoms with Gasteiger partial charge in [-0.25, -0.2) is 9.97 Å². The van der Waals surface area contributed by atoms with Crippen LogP contribution in [0.4, 0.5) is 11.6 Å². The zero-order chi connectivity index (χ0) is 26.5. The summed E-state index contributed by atoms with van der Waals surface area (Å²) in [5.74, 6) is 6.70. The van der Waals surface area contributed by atoms with E-state index in [1.165, 1.54) is 12.6 Å². The van der Waals surface area contributed by atoms with Gasteiger partial charge in [0.2, 0.25) is 5.91 Å². The quantitative estimate of drug-likeness (QED) is 0.546. The molecule has 3 aromatic rings. The Labute approximate surface area is 207 Å². The summed E-state index contributed by atoms with van der Waals surface area (Å²) in [6.07, 6.45) is 5.35. The third kappa shape index (κ3) is 4.09. The average molecular weight is 473 g/mol. The van der Waals surface area contributed by atoms with Crippen LogP contribution in [0.5, 0.6) is 0 Å². The molecule has 3 aromatic heterocycles. The summed E-state index contributed by atoms with van der Waals surface area (Å²) >= 11 is 0. The summed E-state index contributed by atoms with van der Waals surface area (Å²) in [5.41, 5.74) is 2.70. The normalized spacial score (nSPS) is 23.6. The summed E-state index contributed by atoms with van der Waals surface area (Å²) in [5, 5.41) is 14.0. The molecular weight excluding hydrogens is 442 g/mol. The van der Waals surface area contributed by atoms with Gasteiger partial charge in [-0.15, -0.1) is 10.2 Å². The largest absolute Gasteiger partial charge is 0.377 e. The molecule has 0 bridgehead atoms. The van der Waals surface area contributed by atoms with E-state index in [2.05, 4.69) is 47.5 Å². The van der Waals surface area contributed by atoms with Crippen molar-refractivity contribution in [2.24, 2.45) is 11.8 Å². The zero-order valence-electron chi connectivity index (χ0n) is 22.3. The first kappa shape index (κ1) is 18.7. The second-order valence-corrected chi connectivity index (χ2v) is 9.64. The smallest absolute Gasteiger partial charge is 0.228 e. The number of anilines is 2. The number of carbonyl (C=O) groups excluding carboxylic acids is 1. The molecule has 0 aromatic carbocycles. The van der Waals surface area contributed by atoms with E-state index >= 15 is 0 Å². The Hall–Kier alpha value is -3.61. The van der Waals surface area contributed by atoms with Gasteiger partial charge >= 0.3 is 0 Å². The van der Waals surface area contributed by atoms with E-state index in [0.29, 0.717) is 22.6 Å². The van der Waals surface area contributed by atoms with Crippen LogP contribution >= 0.6 is 0 Å². The third-order valence-electron chi connectivity index (χ3n) is 7.23. The van der Waals surface area contributed by atoms with Gasteiger partial charge in [-0.2, -0.15) is 0 Å². The molecule has 9 heteroatoms. The number of nitrogens with one attached hydrogen (secondary N) is 2. The summed E-state index contributed by atoms with van der Waals surface area (Å²) < 4.78 is 28.0. The molecule has 1 saturated carbocycles. The number of amides is 1. The molecule has 2 N–H and O–H groups in total. The molecule has 178 valence electrons. The Bertz CT molecular complexity index is 1460. The summed E-state index contributed by atoms with van der Waals surface area (Å²) in [4.78, 5) is 23.6. The van der Waals surface area contributed by atoms with Gasteiger partial charge in [-0.05, 0) is 42.4 Å². The molecule has 6 rings (SSSR count). The topological polar surface area (TPSA) is 105 Å². The number of rotatable bonds is 5. The van der Waals surface area contributed by atoms with Crippen LogP contribution in [0.25, 0.3) is 10.9 Å². The van der Waals surface area contributed by atoms with Gasteiger partial charge in [0.15, 0.2) is 11.6 Å². The molecule has 2 aliphatic heterocycles. The maximum Gasteiger partial charge on any atom is 0.228 e. The monoisotopic (exact) mass is 472 g/mol. The molecular formula is C26H27N7O2. The van der Waals surface area contributed by atoms with Gasteiger partial charge in [0.1, 0.15) is 11.2 Å². The molecule has 35 heavy (non-hydrogen) atoms. The Balaban J connectivity index is 1.25. The lowest BCUT2D eigenvalue weighted by atomic mass is 9.82. The van der Waals surface area contributed by atoms with E-state index in [-0.39, 0.29) is 34.5 Å². The summed E-state index contributed by atoms with van der Waals surface area (Å²) in [6, 6.07) is 5.56. The Morgan fingerprint density at radius 1 is 1.29 bits per heavy atom. The average Bonchev–Trinajstić information content (AvgIpc) is 3.57. The van der Waals surface area contributed by atoms with Crippen molar-refractivity contribution in [2.45, 2.75) is 31.8 Å². The lowest BCUT2D eigenvalue weighted by Gasteiger charge is -2.57. The van der Waals surface area contributed by atoms with Gasteiger partial charge in [0.05, 0.1) is 24.3 Å². The number of ether oxygens (including phenoxy) is 1. The molecule has 1 aliphatic carbocycles. The third-order valence-corrected chi connectivity index (χ3v) is 7.23. The molecule has 3 fully saturated rings. The minimum absolute atomic E-state index is 0.0280. The van der Waals surface area contributed by atoms with Crippen LogP contribution in [0.1, 0.15) is 40.7 Å². The molecule has 3 aliphatic rings. The van der Waals surface area contributed by atoms with Crippen molar-refractivity contribution < 1.29 is 13.6 Å². The molecule has 5 heterocycles. The minimum atomic E-state index is -2.46. The first-order chi connectivity index (χ1) is 18.2. The summed E-state index contributed by atoms with van der Waals surface area (Å²) in [7, 11) is 0. The van der Waals surface area contributed by atoms with E-state index in [1.54, 1.807) is 6.07 Å². The number of pyridine rings is 2. The van der Waals surface area contributed by atoms with Crippen LogP contribution in [-0.2, 0) is 16.1 Å². The van der Waals surface area contributed by atoms with Crippen LogP contribution in [0, 0.1) is 23.7 Å².